The Morgan fingerprint density at radius 1 is 1.42 bits per heavy atom. The maximum absolute atomic E-state index is 14.1. The summed E-state index contributed by atoms with van der Waals surface area (Å²) >= 11 is 0. The monoisotopic (exact) mass is 264 g/mol. The number of para-hydroxylation sites is 1. The Morgan fingerprint density at radius 3 is 2.79 bits per heavy atom. The predicted molar refractivity (Wildman–Crippen MR) is 78.9 cm³/mol. The average Bonchev–Trinajstić information content (AvgIpc) is 3.05. The molecule has 1 aromatic carbocycles. The van der Waals surface area contributed by atoms with E-state index in [-0.39, 0.29) is 5.82 Å². The highest BCUT2D eigenvalue weighted by Gasteiger charge is 2.33. The zero-order valence-electron chi connectivity index (χ0n) is 12.2. The van der Waals surface area contributed by atoms with Crippen molar-refractivity contribution in [3.63, 3.8) is 0 Å². The fourth-order valence-electron chi connectivity index (χ4n) is 2.63. The molecule has 0 heterocycles. The van der Waals surface area contributed by atoms with Crippen LogP contribution < -0.4 is 10.2 Å². The summed E-state index contributed by atoms with van der Waals surface area (Å²) in [5.74, 6) is 1.43. The van der Waals surface area contributed by atoms with Crippen LogP contribution in [0.1, 0.15) is 32.3 Å². The van der Waals surface area contributed by atoms with Crippen LogP contribution in [0.5, 0.6) is 0 Å². The van der Waals surface area contributed by atoms with Crippen LogP contribution >= 0.6 is 0 Å². The highest BCUT2D eigenvalue weighted by atomic mass is 19.1. The third-order valence-corrected chi connectivity index (χ3v) is 3.98. The molecule has 0 aromatic heterocycles. The zero-order chi connectivity index (χ0) is 13.8. The van der Waals surface area contributed by atoms with Crippen molar-refractivity contribution < 1.29 is 4.39 Å². The molecule has 1 aliphatic rings. The van der Waals surface area contributed by atoms with Crippen molar-refractivity contribution in [1.29, 1.82) is 0 Å². The first-order chi connectivity index (χ1) is 9.13. The van der Waals surface area contributed by atoms with Crippen LogP contribution in [0.25, 0.3) is 0 Å². The lowest BCUT2D eigenvalue weighted by Crippen LogP contribution is -2.25. The van der Waals surface area contributed by atoms with Crippen LogP contribution in [-0.2, 0) is 6.54 Å². The number of rotatable bonds is 7. The van der Waals surface area contributed by atoms with Gasteiger partial charge in [0.25, 0.3) is 0 Å². The van der Waals surface area contributed by atoms with Crippen LogP contribution in [0.15, 0.2) is 18.2 Å². The first-order valence-electron chi connectivity index (χ1n) is 7.32. The van der Waals surface area contributed by atoms with E-state index in [4.69, 9.17) is 0 Å². The number of hydrogen-bond donors (Lipinski definition) is 1. The molecule has 2 nitrogen and oxygen atoms in total. The zero-order valence-corrected chi connectivity index (χ0v) is 12.2. The summed E-state index contributed by atoms with van der Waals surface area (Å²) in [7, 11) is 2.01. The molecule has 1 fully saturated rings. The van der Waals surface area contributed by atoms with Gasteiger partial charge in [0.1, 0.15) is 5.82 Å². The molecule has 1 aliphatic carbocycles. The maximum atomic E-state index is 14.1. The molecule has 0 amide bonds. The smallest absolute Gasteiger partial charge is 0.146 e. The Morgan fingerprint density at radius 2 is 2.16 bits per heavy atom. The Kier molecular flexibility index (Phi) is 4.81. The van der Waals surface area contributed by atoms with Gasteiger partial charge in [-0.15, -0.1) is 0 Å². The fourth-order valence-corrected chi connectivity index (χ4v) is 2.63. The van der Waals surface area contributed by atoms with Crippen molar-refractivity contribution >= 4 is 5.69 Å². The SMILES string of the molecule is CCCNCc1cccc(F)c1N(C)CC1CC1C. The molecule has 19 heavy (non-hydrogen) atoms. The van der Waals surface area contributed by atoms with Crippen LogP contribution in [0.3, 0.4) is 0 Å². The van der Waals surface area contributed by atoms with E-state index < -0.39 is 0 Å². The highest BCUT2D eigenvalue weighted by molar-refractivity contribution is 5.54. The van der Waals surface area contributed by atoms with Crippen LogP contribution in [0.4, 0.5) is 10.1 Å². The van der Waals surface area contributed by atoms with Gasteiger partial charge >= 0.3 is 0 Å². The lowest BCUT2D eigenvalue weighted by atomic mass is 10.1. The second-order valence-electron chi connectivity index (χ2n) is 5.78. The lowest BCUT2D eigenvalue weighted by Gasteiger charge is -2.23. The van der Waals surface area contributed by atoms with Gasteiger partial charge < -0.3 is 10.2 Å². The van der Waals surface area contributed by atoms with E-state index in [1.54, 1.807) is 12.1 Å². The van der Waals surface area contributed by atoms with Crippen LogP contribution in [-0.4, -0.2) is 20.1 Å². The van der Waals surface area contributed by atoms with Gasteiger partial charge in [0.05, 0.1) is 5.69 Å². The van der Waals surface area contributed by atoms with Crippen molar-refractivity contribution in [3.8, 4) is 0 Å². The number of benzene rings is 1. The third kappa shape index (κ3) is 3.69. The molecule has 2 atom stereocenters. The topological polar surface area (TPSA) is 15.3 Å². The molecule has 0 bridgehead atoms. The molecule has 1 N–H and O–H groups in total. The molecule has 3 heteroatoms. The number of nitrogens with zero attached hydrogens (tertiary/aromatic N) is 1. The predicted octanol–water partition coefficient (Wildman–Crippen LogP) is 3.42. The fraction of sp³-hybridized carbons (Fsp3) is 0.625. The molecule has 106 valence electrons. The summed E-state index contributed by atoms with van der Waals surface area (Å²) in [4.78, 5) is 2.09. The Labute approximate surface area is 116 Å². The minimum atomic E-state index is -0.105. The number of anilines is 1. The maximum Gasteiger partial charge on any atom is 0.146 e. The standard InChI is InChI=1S/C16H25FN2/c1-4-8-18-10-13-6-5-7-15(17)16(13)19(3)11-14-9-12(14)2/h5-7,12,14,18H,4,8-11H2,1-3H3. The average molecular weight is 264 g/mol. The molecule has 0 spiro atoms. The highest BCUT2D eigenvalue weighted by Crippen LogP contribution is 2.39. The summed E-state index contributed by atoms with van der Waals surface area (Å²) in [5.41, 5.74) is 1.83. The molecule has 2 rings (SSSR count). The Hall–Kier alpha value is -1.09. The van der Waals surface area contributed by atoms with E-state index >= 15 is 0 Å². The van der Waals surface area contributed by atoms with E-state index in [9.17, 15) is 4.39 Å². The van der Waals surface area contributed by atoms with Crippen molar-refractivity contribution in [1.82, 2.24) is 5.32 Å². The first-order valence-corrected chi connectivity index (χ1v) is 7.32. The van der Waals surface area contributed by atoms with Crippen molar-refractivity contribution in [3.05, 3.63) is 29.6 Å². The van der Waals surface area contributed by atoms with Crippen molar-refractivity contribution in [2.45, 2.75) is 33.2 Å². The summed E-state index contributed by atoms with van der Waals surface area (Å²) in [5, 5.41) is 3.36. The van der Waals surface area contributed by atoms with Gasteiger partial charge in [-0.3, -0.25) is 0 Å². The molecular weight excluding hydrogens is 239 g/mol. The van der Waals surface area contributed by atoms with Gasteiger partial charge in [0.2, 0.25) is 0 Å². The van der Waals surface area contributed by atoms with E-state index in [1.165, 1.54) is 6.42 Å². The third-order valence-electron chi connectivity index (χ3n) is 3.98. The van der Waals surface area contributed by atoms with Gasteiger partial charge in [-0.2, -0.15) is 0 Å². The van der Waals surface area contributed by atoms with E-state index in [2.05, 4.69) is 24.1 Å². The van der Waals surface area contributed by atoms with E-state index in [0.29, 0.717) is 0 Å². The molecular formula is C16H25FN2. The Bertz CT molecular complexity index is 419. The number of hydrogen-bond acceptors (Lipinski definition) is 2. The quantitative estimate of drug-likeness (QED) is 0.759. The van der Waals surface area contributed by atoms with Crippen LogP contribution in [0.2, 0.25) is 0 Å². The summed E-state index contributed by atoms with van der Waals surface area (Å²) in [6.45, 7) is 7.08. The molecule has 2 unspecified atom stereocenters. The first kappa shape index (κ1) is 14.3. The van der Waals surface area contributed by atoms with Gasteiger partial charge in [-0.05, 0) is 42.9 Å². The van der Waals surface area contributed by atoms with E-state index in [1.807, 2.05) is 13.1 Å². The largest absolute Gasteiger partial charge is 0.372 e. The molecule has 1 aromatic rings. The number of nitrogens with one attached hydrogen (secondary N) is 1. The van der Waals surface area contributed by atoms with Crippen molar-refractivity contribution in [2.24, 2.45) is 11.8 Å². The molecule has 0 aliphatic heterocycles. The van der Waals surface area contributed by atoms with Crippen molar-refractivity contribution in [2.75, 3.05) is 25.0 Å². The van der Waals surface area contributed by atoms with Gasteiger partial charge in [-0.1, -0.05) is 26.0 Å². The molecule has 1 saturated carbocycles. The lowest BCUT2D eigenvalue weighted by molar-refractivity contribution is 0.607. The molecule has 0 saturated heterocycles. The summed E-state index contributed by atoms with van der Waals surface area (Å²) in [6.07, 6.45) is 2.38. The van der Waals surface area contributed by atoms with E-state index in [0.717, 1.165) is 49.1 Å². The van der Waals surface area contributed by atoms with Crippen LogP contribution in [0, 0.1) is 17.7 Å². The Balaban J connectivity index is 2.07. The van der Waals surface area contributed by atoms with Gasteiger partial charge in [0, 0.05) is 20.1 Å². The normalized spacial score (nSPS) is 21.5. The number of halogens is 1. The summed E-state index contributed by atoms with van der Waals surface area (Å²) in [6, 6.07) is 5.38. The van der Waals surface area contributed by atoms with Gasteiger partial charge in [-0.25, -0.2) is 4.39 Å². The molecule has 0 radical (unpaired) electrons. The minimum Gasteiger partial charge on any atom is -0.372 e. The summed E-state index contributed by atoms with van der Waals surface area (Å²) < 4.78 is 14.1. The van der Waals surface area contributed by atoms with Gasteiger partial charge in [0.15, 0.2) is 0 Å². The minimum absolute atomic E-state index is 0.105. The second kappa shape index (κ2) is 6.38. The second-order valence-corrected chi connectivity index (χ2v) is 5.78.